The summed E-state index contributed by atoms with van der Waals surface area (Å²) < 4.78 is 2.34. The zero-order valence-corrected chi connectivity index (χ0v) is 36.8. The molecule has 1 aliphatic heterocycles. The van der Waals surface area contributed by atoms with Gasteiger partial charge in [-0.25, -0.2) is 15.0 Å². The zero-order chi connectivity index (χ0) is 44.5. The summed E-state index contributed by atoms with van der Waals surface area (Å²) in [7, 11) is 0. The number of para-hydroxylation sites is 2. The maximum atomic E-state index is 5.35. The molecule has 3 heterocycles. The van der Waals surface area contributed by atoms with E-state index in [-0.39, 0.29) is 6.04 Å². The molecule has 5 nitrogen and oxygen atoms in total. The Morgan fingerprint density at radius 1 is 0.418 bits per heavy atom. The van der Waals surface area contributed by atoms with Crippen LogP contribution in [0, 0.1) is 0 Å². The van der Waals surface area contributed by atoms with Crippen molar-refractivity contribution in [2.24, 2.45) is 0 Å². The van der Waals surface area contributed by atoms with Gasteiger partial charge in [0.2, 0.25) is 0 Å². The van der Waals surface area contributed by atoms with Gasteiger partial charge in [0.1, 0.15) is 0 Å². The number of hydrogen-bond acceptors (Lipinski definition) is 4. The number of benzene rings is 8. The van der Waals surface area contributed by atoms with Gasteiger partial charge in [-0.15, -0.1) is 0 Å². The molecule has 0 radical (unpaired) electrons. The highest BCUT2D eigenvalue weighted by atomic mass is 15.0. The largest absolute Gasteiger partial charge is 0.373 e. The quantitative estimate of drug-likeness (QED) is 0.157. The van der Waals surface area contributed by atoms with E-state index in [1.54, 1.807) is 0 Å². The number of nitrogens with one attached hydrogen (secondary N) is 1. The molecule has 67 heavy (non-hydrogen) atoms. The van der Waals surface area contributed by atoms with E-state index in [1.165, 1.54) is 33.1 Å². The molecule has 10 aromatic rings. The van der Waals surface area contributed by atoms with Gasteiger partial charge in [-0.05, 0) is 82.1 Å². The predicted molar refractivity (Wildman–Crippen MR) is 276 cm³/mol. The first-order chi connectivity index (χ1) is 33.2. The van der Waals surface area contributed by atoms with Gasteiger partial charge in [0.15, 0.2) is 17.5 Å². The maximum absolute atomic E-state index is 5.35. The number of dihydropyridines is 1. The van der Waals surface area contributed by atoms with Gasteiger partial charge in [-0.1, -0.05) is 206 Å². The number of nitrogens with zero attached hydrogens (tertiary/aromatic N) is 4. The lowest BCUT2D eigenvalue weighted by atomic mass is 9.76. The molecule has 2 aliphatic rings. The molecule has 1 N–H and O–H groups in total. The summed E-state index contributed by atoms with van der Waals surface area (Å²) in [6.07, 6.45) is 9.03. The summed E-state index contributed by atoms with van der Waals surface area (Å²) >= 11 is 0. The van der Waals surface area contributed by atoms with Gasteiger partial charge in [0.05, 0.1) is 22.8 Å². The first kappa shape index (κ1) is 39.9. The van der Waals surface area contributed by atoms with Crippen molar-refractivity contribution < 1.29 is 0 Å². The molecule has 1 atom stereocenters. The second-order valence-electron chi connectivity index (χ2n) is 17.1. The molecule has 12 rings (SSSR count). The third-order valence-corrected chi connectivity index (χ3v) is 12.9. The summed E-state index contributed by atoms with van der Waals surface area (Å²) in [6, 6.07) is 77.1. The zero-order valence-electron chi connectivity index (χ0n) is 36.8. The smallest absolute Gasteiger partial charge is 0.164 e. The van der Waals surface area contributed by atoms with Gasteiger partial charge in [0.25, 0.3) is 0 Å². The fraction of sp³-hybridized carbons (Fsp3) is 0.0484. The van der Waals surface area contributed by atoms with Crippen molar-refractivity contribution in [3.63, 3.8) is 0 Å². The normalized spacial score (nSPS) is 14.9. The Morgan fingerprint density at radius 3 is 1.55 bits per heavy atom. The summed E-state index contributed by atoms with van der Waals surface area (Å²) in [5.74, 6) is 1.83. The number of fused-ring (bicyclic) bond motifs is 3. The van der Waals surface area contributed by atoms with Crippen molar-refractivity contribution in [3.05, 3.63) is 270 Å². The van der Waals surface area contributed by atoms with E-state index >= 15 is 0 Å². The van der Waals surface area contributed by atoms with Crippen LogP contribution in [-0.2, 0) is 0 Å². The van der Waals surface area contributed by atoms with Crippen LogP contribution in [0.2, 0.25) is 0 Å². The Bertz CT molecular complexity index is 3530. The van der Waals surface area contributed by atoms with E-state index in [1.807, 2.05) is 18.2 Å². The molecule has 0 saturated carbocycles. The summed E-state index contributed by atoms with van der Waals surface area (Å²) in [5.41, 5.74) is 16.5. The van der Waals surface area contributed by atoms with Crippen molar-refractivity contribution in [2.45, 2.75) is 18.9 Å². The lowest BCUT2D eigenvalue weighted by molar-refractivity contribution is 0.732. The molecule has 0 spiro atoms. The van der Waals surface area contributed by atoms with E-state index < -0.39 is 0 Å². The minimum Gasteiger partial charge on any atom is -0.373 e. The highest BCUT2D eigenvalue weighted by Crippen LogP contribution is 2.50. The molecule has 0 amide bonds. The standard InChI is InChI=1S/C62H45N5/c1-6-22-42(23-7-1)56-55(57(43-24-8-2-9-25-43)59(45-28-12-4-13-29-45)63-58(56)44-26-10-3-11-27-44)47-32-20-33-48(40-47)61-64-60(46-30-14-5-15-31-46)65-62(66-61)49-34-21-35-50(41-49)67-53-38-18-16-36-51(53)52-37-17-19-39-54(52)67/h1,3-8,10-41,59,63H,2,9H2. The van der Waals surface area contributed by atoms with E-state index in [0.717, 1.165) is 74.2 Å². The topological polar surface area (TPSA) is 55.6 Å². The SMILES string of the molecule is C1=CC(C2=C(c3cccc(-c4nc(-c5ccccc5)nc(-c5cccc(-n6c7ccccc7c7ccccc76)c5)n4)c3)C(c3ccccc3)=C(c3ccccc3)NC2c2ccccc2)=CCC1. The van der Waals surface area contributed by atoms with Crippen LogP contribution in [0.1, 0.15) is 41.1 Å². The number of hydrogen-bond donors (Lipinski definition) is 1. The molecule has 318 valence electrons. The van der Waals surface area contributed by atoms with E-state index in [9.17, 15) is 0 Å². The van der Waals surface area contributed by atoms with Crippen molar-refractivity contribution in [3.8, 4) is 39.9 Å². The fourth-order valence-corrected chi connectivity index (χ4v) is 9.89. The monoisotopic (exact) mass is 859 g/mol. The lowest BCUT2D eigenvalue weighted by Gasteiger charge is -2.36. The molecule has 2 aromatic heterocycles. The summed E-state index contributed by atoms with van der Waals surface area (Å²) in [6.45, 7) is 0. The van der Waals surface area contributed by atoms with E-state index in [2.05, 4.69) is 228 Å². The molecule has 0 bridgehead atoms. The van der Waals surface area contributed by atoms with Crippen LogP contribution >= 0.6 is 0 Å². The van der Waals surface area contributed by atoms with Crippen LogP contribution < -0.4 is 5.32 Å². The first-order valence-electron chi connectivity index (χ1n) is 23.0. The fourth-order valence-electron chi connectivity index (χ4n) is 9.89. The molecule has 8 aromatic carbocycles. The van der Waals surface area contributed by atoms with Gasteiger partial charge in [0, 0.05) is 38.7 Å². The van der Waals surface area contributed by atoms with Crippen LogP contribution in [-0.4, -0.2) is 19.5 Å². The van der Waals surface area contributed by atoms with E-state index in [0.29, 0.717) is 17.5 Å². The summed E-state index contributed by atoms with van der Waals surface area (Å²) in [4.78, 5) is 15.8. The molecule has 0 saturated heterocycles. The highest BCUT2D eigenvalue weighted by Gasteiger charge is 2.34. The lowest BCUT2D eigenvalue weighted by Crippen LogP contribution is -2.29. The van der Waals surface area contributed by atoms with Crippen LogP contribution in [0.25, 0.3) is 78.5 Å². The van der Waals surface area contributed by atoms with E-state index in [4.69, 9.17) is 15.0 Å². The number of rotatable bonds is 9. The minimum absolute atomic E-state index is 0.133. The minimum atomic E-state index is -0.133. The number of allylic oxidation sites excluding steroid dienone is 5. The van der Waals surface area contributed by atoms with Crippen LogP contribution in [0.5, 0.6) is 0 Å². The van der Waals surface area contributed by atoms with Crippen LogP contribution in [0.15, 0.2) is 248 Å². The third kappa shape index (κ3) is 7.47. The van der Waals surface area contributed by atoms with Gasteiger partial charge >= 0.3 is 0 Å². The maximum Gasteiger partial charge on any atom is 0.164 e. The molecule has 1 unspecified atom stereocenters. The van der Waals surface area contributed by atoms with Gasteiger partial charge < -0.3 is 9.88 Å². The van der Waals surface area contributed by atoms with Gasteiger partial charge in [-0.3, -0.25) is 0 Å². The van der Waals surface area contributed by atoms with Crippen molar-refractivity contribution in [1.82, 2.24) is 24.8 Å². The Balaban J connectivity index is 1.08. The average molecular weight is 860 g/mol. The molecule has 0 fully saturated rings. The molecular weight excluding hydrogens is 815 g/mol. The second kappa shape index (κ2) is 17.4. The second-order valence-corrected chi connectivity index (χ2v) is 17.1. The highest BCUT2D eigenvalue weighted by molar-refractivity contribution is 6.18. The molecule has 1 aliphatic carbocycles. The Morgan fingerprint density at radius 2 is 0.925 bits per heavy atom. The first-order valence-corrected chi connectivity index (χ1v) is 23.0. The molecular formula is C62H45N5. The number of aromatic nitrogens is 4. The van der Waals surface area contributed by atoms with Crippen molar-refractivity contribution in [1.29, 1.82) is 0 Å². The molecule has 5 heteroatoms. The van der Waals surface area contributed by atoms with Gasteiger partial charge in [-0.2, -0.15) is 0 Å². The Kier molecular flexibility index (Phi) is 10.3. The Labute approximate surface area is 390 Å². The third-order valence-electron chi connectivity index (χ3n) is 12.9. The summed E-state index contributed by atoms with van der Waals surface area (Å²) in [5, 5.41) is 6.56. The van der Waals surface area contributed by atoms with Crippen LogP contribution in [0.4, 0.5) is 0 Å². The predicted octanol–water partition coefficient (Wildman–Crippen LogP) is 14.9. The van der Waals surface area contributed by atoms with Crippen molar-refractivity contribution in [2.75, 3.05) is 0 Å². The van der Waals surface area contributed by atoms with Crippen molar-refractivity contribution >= 4 is 38.6 Å². The average Bonchev–Trinajstić information content (AvgIpc) is 3.76. The Hall–Kier alpha value is -8.67. The van der Waals surface area contributed by atoms with Crippen LogP contribution in [0.3, 0.4) is 0 Å².